The maximum atomic E-state index is 4.89. The molecule has 10 heavy (non-hydrogen) atoms. The molecule has 0 atom stereocenters. The van der Waals surface area contributed by atoms with Crippen molar-refractivity contribution in [2.24, 2.45) is 0 Å². The van der Waals surface area contributed by atoms with Crippen LogP contribution >= 0.6 is 11.5 Å². The molecule has 0 amide bonds. The zero-order valence-electron chi connectivity index (χ0n) is 4.81. The van der Waals surface area contributed by atoms with Crippen molar-refractivity contribution in [3.05, 3.63) is 18.0 Å². The highest BCUT2D eigenvalue weighted by Crippen LogP contribution is 2.15. The maximum absolute atomic E-state index is 4.89. The predicted octanol–water partition coefficient (Wildman–Crippen LogP) is 0.993. The van der Waals surface area contributed by atoms with Gasteiger partial charge in [-0.2, -0.15) is 4.37 Å². The van der Waals surface area contributed by atoms with Gasteiger partial charge in [0.1, 0.15) is 6.20 Å². The fraction of sp³-hybridized carbons (Fsp3) is 0. The SMILES string of the molecule is [c]1nscc1-c1nnco1. The van der Waals surface area contributed by atoms with Gasteiger partial charge >= 0.3 is 0 Å². The molecule has 5 heteroatoms. The van der Waals surface area contributed by atoms with Gasteiger partial charge < -0.3 is 4.42 Å². The maximum Gasteiger partial charge on any atom is 0.250 e. The summed E-state index contributed by atoms with van der Waals surface area (Å²) in [7, 11) is 0. The Morgan fingerprint density at radius 3 is 3.20 bits per heavy atom. The summed E-state index contributed by atoms with van der Waals surface area (Å²) in [6.07, 6.45) is 3.99. The van der Waals surface area contributed by atoms with E-state index in [0.717, 1.165) is 5.56 Å². The molecule has 0 aliphatic heterocycles. The lowest BCUT2D eigenvalue weighted by atomic mass is 10.4. The minimum atomic E-state index is 0.466. The fourth-order valence-corrected chi connectivity index (χ4v) is 1.03. The van der Waals surface area contributed by atoms with Crippen molar-refractivity contribution in [1.29, 1.82) is 0 Å². The minimum absolute atomic E-state index is 0.466. The predicted molar refractivity (Wildman–Crippen MR) is 34.2 cm³/mol. The van der Waals surface area contributed by atoms with Gasteiger partial charge in [-0.3, -0.25) is 0 Å². The second kappa shape index (κ2) is 2.18. The van der Waals surface area contributed by atoms with E-state index in [9.17, 15) is 0 Å². The van der Waals surface area contributed by atoms with Gasteiger partial charge in [0, 0.05) is 5.38 Å². The Kier molecular flexibility index (Phi) is 1.21. The molecule has 0 spiro atoms. The largest absolute Gasteiger partial charge is 0.423 e. The smallest absolute Gasteiger partial charge is 0.250 e. The van der Waals surface area contributed by atoms with Gasteiger partial charge in [-0.05, 0) is 11.5 Å². The van der Waals surface area contributed by atoms with Crippen LogP contribution in [0, 0.1) is 6.20 Å². The summed E-state index contributed by atoms with van der Waals surface area (Å²) in [5.41, 5.74) is 0.752. The summed E-state index contributed by atoms with van der Waals surface area (Å²) in [6, 6.07) is 0. The molecule has 0 aromatic carbocycles. The van der Waals surface area contributed by atoms with Crippen LogP contribution in [0.5, 0.6) is 0 Å². The van der Waals surface area contributed by atoms with Gasteiger partial charge in [-0.1, -0.05) is 0 Å². The van der Waals surface area contributed by atoms with E-state index < -0.39 is 0 Å². The Morgan fingerprint density at radius 1 is 1.60 bits per heavy atom. The fourth-order valence-electron chi connectivity index (χ4n) is 0.570. The average Bonchev–Trinajstić information content (AvgIpc) is 2.59. The Bertz CT molecular complexity index is 256. The summed E-state index contributed by atoms with van der Waals surface area (Å²) in [4.78, 5) is 0. The van der Waals surface area contributed by atoms with Crippen LogP contribution in [0.15, 0.2) is 16.2 Å². The van der Waals surface area contributed by atoms with E-state index in [1.807, 2.05) is 0 Å². The number of rotatable bonds is 1. The molecule has 2 aromatic rings. The van der Waals surface area contributed by atoms with Gasteiger partial charge in [-0.15, -0.1) is 10.2 Å². The van der Waals surface area contributed by atoms with Crippen LogP contribution in [0.2, 0.25) is 0 Å². The van der Waals surface area contributed by atoms with E-state index in [1.165, 1.54) is 17.9 Å². The molecule has 0 unspecified atom stereocenters. The zero-order chi connectivity index (χ0) is 6.81. The van der Waals surface area contributed by atoms with Crippen molar-refractivity contribution in [3.63, 3.8) is 0 Å². The molecule has 0 saturated carbocycles. The molecule has 2 aromatic heterocycles. The van der Waals surface area contributed by atoms with Crippen molar-refractivity contribution < 1.29 is 4.42 Å². The summed E-state index contributed by atoms with van der Waals surface area (Å²) < 4.78 is 8.66. The zero-order valence-corrected chi connectivity index (χ0v) is 5.63. The lowest BCUT2D eigenvalue weighted by Crippen LogP contribution is -1.71. The average molecular weight is 152 g/mol. The first kappa shape index (κ1) is 5.55. The van der Waals surface area contributed by atoms with Crippen molar-refractivity contribution >= 4 is 11.5 Å². The highest BCUT2D eigenvalue weighted by Gasteiger charge is 2.02. The summed E-state index contributed by atoms with van der Waals surface area (Å²) >= 11 is 1.30. The van der Waals surface area contributed by atoms with Crippen LogP contribution < -0.4 is 0 Å². The Balaban J connectivity index is 2.48. The van der Waals surface area contributed by atoms with Crippen LogP contribution in [0.4, 0.5) is 0 Å². The highest BCUT2D eigenvalue weighted by molar-refractivity contribution is 7.03. The first-order valence-corrected chi connectivity index (χ1v) is 3.39. The molecule has 0 aliphatic rings. The molecule has 0 bridgehead atoms. The Hall–Kier alpha value is -1.23. The molecular weight excluding hydrogens is 150 g/mol. The molecule has 49 valence electrons. The molecule has 4 nitrogen and oxygen atoms in total. The highest BCUT2D eigenvalue weighted by atomic mass is 32.1. The quantitative estimate of drug-likeness (QED) is 0.611. The van der Waals surface area contributed by atoms with Gasteiger partial charge in [0.25, 0.3) is 5.89 Å². The second-order valence-corrected chi connectivity index (χ2v) is 2.21. The number of nitrogens with zero attached hydrogens (tertiary/aromatic N) is 3. The van der Waals surface area contributed by atoms with Crippen molar-refractivity contribution in [2.45, 2.75) is 0 Å². The van der Waals surface area contributed by atoms with Gasteiger partial charge in [0.05, 0.1) is 5.56 Å². The van der Waals surface area contributed by atoms with E-state index in [0.29, 0.717) is 5.89 Å². The van der Waals surface area contributed by atoms with Crippen molar-refractivity contribution in [1.82, 2.24) is 14.6 Å². The normalized spacial score (nSPS) is 10.0. The molecule has 0 fully saturated rings. The van der Waals surface area contributed by atoms with Gasteiger partial charge in [0.15, 0.2) is 0 Å². The number of hydrogen-bond donors (Lipinski definition) is 0. The Morgan fingerprint density at radius 2 is 2.60 bits per heavy atom. The van der Waals surface area contributed by atoms with Crippen LogP contribution in [-0.4, -0.2) is 14.6 Å². The molecule has 1 radical (unpaired) electrons. The molecule has 0 N–H and O–H groups in total. The third-order valence-electron chi connectivity index (χ3n) is 0.980. The summed E-state index contributed by atoms with van der Waals surface area (Å²) in [5.74, 6) is 0.466. The minimum Gasteiger partial charge on any atom is -0.423 e. The molecule has 0 saturated heterocycles. The van der Waals surface area contributed by atoms with Crippen molar-refractivity contribution in [2.75, 3.05) is 0 Å². The monoisotopic (exact) mass is 152 g/mol. The van der Waals surface area contributed by atoms with Crippen LogP contribution in [0.25, 0.3) is 11.5 Å². The molecular formula is C5H2N3OS. The molecule has 2 rings (SSSR count). The van der Waals surface area contributed by atoms with E-state index in [1.54, 1.807) is 5.38 Å². The first-order valence-electron chi connectivity index (χ1n) is 2.55. The summed E-state index contributed by atoms with van der Waals surface area (Å²) in [6.45, 7) is 0. The van der Waals surface area contributed by atoms with Crippen molar-refractivity contribution in [3.8, 4) is 11.5 Å². The molecule has 2 heterocycles. The van der Waals surface area contributed by atoms with E-state index in [4.69, 9.17) is 4.42 Å². The molecule has 0 aliphatic carbocycles. The van der Waals surface area contributed by atoms with E-state index >= 15 is 0 Å². The number of hydrogen-bond acceptors (Lipinski definition) is 5. The van der Waals surface area contributed by atoms with Crippen LogP contribution in [-0.2, 0) is 0 Å². The van der Waals surface area contributed by atoms with E-state index in [2.05, 4.69) is 20.8 Å². The third kappa shape index (κ3) is 0.801. The first-order chi connectivity index (χ1) is 4.97. The number of aromatic nitrogens is 3. The van der Waals surface area contributed by atoms with Gasteiger partial charge in [-0.25, -0.2) is 0 Å². The lowest BCUT2D eigenvalue weighted by Gasteiger charge is -1.79. The van der Waals surface area contributed by atoms with E-state index in [-0.39, 0.29) is 0 Å². The lowest BCUT2D eigenvalue weighted by molar-refractivity contribution is 0.568. The van der Waals surface area contributed by atoms with Gasteiger partial charge in [0.2, 0.25) is 6.39 Å². The van der Waals surface area contributed by atoms with Crippen LogP contribution in [0.1, 0.15) is 0 Å². The summed E-state index contributed by atoms with van der Waals surface area (Å²) in [5, 5.41) is 8.99. The standard InChI is InChI=1S/C5H2N3OS/c1-4(2-10-7-1)5-8-6-3-9-5/h2-3H. The third-order valence-corrected chi connectivity index (χ3v) is 1.52. The Labute approximate surface area is 60.7 Å². The van der Waals surface area contributed by atoms with Crippen LogP contribution in [0.3, 0.4) is 0 Å². The topological polar surface area (TPSA) is 51.8 Å². The second-order valence-electron chi connectivity index (χ2n) is 1.58.